The number of pyridine rings is 1. The van der Waals surface area contributed by atoms with Crippen molar-refractivity contribution in [2.24, 2.45) is 0 Å². The van der Waals surface area contributed by atoms with E-state index < -0.39 is 0 Å². The molecule has 1 aliphatic rings. The van der Waals surface area contributed by atoms with Gasteiger partial charge >= 0.3 is 0 Å². The zero-order valence-electron chi connectivity index (χ0n) is 15.3. The number of nitrogens with zero attached hydrogens (tertiary/aromatic N) is 3. The molecule has 3 heterocycles. The van der Waals surface area contributed by atoms with E-state index in [2.05, 4.69) is 21.8 Å². The quantitative estimate of drug-likeness (QED) is 0.685. The summed E-state index contributed by atoms with van der Waals surface area (Å²) < 4.78 is 15.7. The lowest BCUT2D eigenvalue weighted by molar-refractivity contribution is -0.130. The number of carbonyl (C=O) groups excluding carboxylic acids is 1. The van der Waals surface area contributed by atoms with Crippen LogP contribution < -0.4 is 0 Å². The second kappa shape index (κ2) is 7.35. The Labute approximate surface area is 158 Å². The predicted octanol–water partition coefficient (Wildman–Crippen LogP) is 4.54. The molecule has 1 amide bonds. The van der Waals surface area contributed by atoms with Gasteiger partial charge in [0.05, 0.1) is 5.69 Å². The van der Waals surface area contributed by atoms with Crippen LogP contribution in [-0.2, 0) is 4.79 Å². The fourth-order valence-corrected chi connectivity index (χ4v) is 3.89. The van der Waals surface area contributed by atoms with Gasteiger partial charge in [0.25, 0.3) is 0 Å². The van der Waals surface area contributed by atoms with Gasteiger partial charge in [0.1, 0.15) is 5.82 Å². The smallest absolute Gasteiger partial charge is 0.219 e. The Morgan fingerprint density at radius 3 is 2.30 bits per heavy atom. The van der Waals surface area contributed by atoms with Crippen LogP contribution in [0.4, 0.5) is 4.39 Å². The molecule has 2 aromatic heterocycles. The minimum Gasteiger partial charge on any atom is -0.344 e. The Bertz CT molecular complexity index is 926. The highest BCUT2D eigenvalue weighted by Gasteiger charge is 2.25. The average molecular weight is 363 g/mol. The summed E-state index contributed by atoms with van der Waals surface area (Å²) in [5.74, 6) is -0.0948. The van der Waals surface area contributed by atoms with Crippen molar-refractivity contribution >= 4 is 5.91 Å². The van der Waals surface area contributed by atoms with Crippen molar-refractivity contribution in [2.75, 3.05) is 13.1 Å². The van der Waals surface area contributed by atoms with E-state index in [9.17, 15) is 9.18 Å². The Kier molecular flexibility index (Phi) is 4.75. The molecule has 5 heteroatoms. The summed E-state index contributed by atoms with van der Waals surface area (Å²) >= 11 is 0. The molecular formula is C22H22FN3O. The molecule has 1 aromatic carbocycles. The predicted molar refractivity (Wildman–Crippen MR) is 104 cm³/mol. The van der Waals surface area contributed by atoms with Crippen molar-refractivity contribution in [3.63, 3.8) is 0 Å². The molecule has 0 bridgehead atoms. The zero-order valence-corrected chi connectivity index (χ0v) is 15.3. The van der Waals surface area contributed by atoms with Crippen LogP contribution >= 0.6 is 0 Å². The van der Waals surface area contributed by atoms with E-state index >= 15 is 0 Å². The SMILES string of the molecule is CC(=O)N1CCC(n2ccc(-c3ccc(F)cc3)c2-c2ccncc2)CC1. The Morgan fingerprint density at radius 2 is 1.67 bits per heavy atom. The van der Waals surface area contributed by atoms with Crippen LogP contribution in [0.1, 0.15) is 25.8 Å². The van der Waals surface area contributed by atoms with E-state index in [-0.39, 0.29) is 11.7 Å². The molecule has 0 atom stereocenters. The average Bonchev–Trinajstić information content (AvgIpc) is 3.14. The molecule has 0 unspecified atom stereocenters. The molecule has 4 nitrogen and oxygen atoms in total. The number of hydrogen-bond donors (Lipinski definition) is 0. The molecule has 27 heavy (non-hydrogen) atoms. The van der Waals surface area contributed by atoms with Crippen LogP contribution in [0.2, 0.25) is 0 Å². The van der Waals surface area contributed by atoms with Gasteiger partial charge in [-0.1, -0.05) is 12.1 Å². The molecule has 0 N–H and O–H groups in total. The summed E-state index contributed by atoms with van der Waals surface area (Å²) in [6, 6.07) is 13.1. The van der Waals surface area contributed by atoms with Crippen LogP contribution in [-0.4, -0.2) is 33.4 Å². The number of piperidine rings is 1. The summed E-state index contributed by atoms with van der Waals surface area (Å²) in [6.07, 6.45) is 7.55. The molecule has 3 aromatic rings. The van der Waals surface area contributed by atoms with E-state index in [1.807, 2.05) is 29.2 Å². The zero-order chi connectivity index (χ0) is 18.8. The van der Waals surface area contributed by atoms with Crippen LogP contribution in [0, 0.1) is 5.82 Å². The molecule has 0 spiro atoms. The standard InChI is InChI=1S/C22H22FN3O/c1-16(27)25-13-8-20(9-14-25)26-15-10-21(17-2-4-19(23)5-3-17)22(26)18-6-11-24-12-7-18/h2-7,10-12,15,20H,8-9,13-14H2,1H3. The first kappa shape index (κ1) is 17.5. The lowest BCUT2D eigenvalue weighted by Gasteiger charge is -2.33. The van der Waals surface area contributed by atoms with Crippen molar-refractivity contribution in [2.45, 2.75) is 25.8 Å². The minimum absolute atomic E-state index is 0.141. The Hall–Kier alpha value is -2.95. The summed E-state index contributed by atoms with van der Waals surface area (Å²) in [4.78, 5) is 17.7. The van der Waals surface area contributed by atoms with Crippen molar-refractivity contribution < 1.29 is 9.18 Å². The number of halogens is 1. The number of aromatic nitrogens is 2. The van der Waals surface area contributed by atoms with E-state index in [0.717, 1.165) is 48.3 Å². The highest BCUT2D eigenvalue weighted by molar-refractivity contribution is 5.81. The third-order valence-corrected chi connectivity index (χ3v) is 5.33. The summed E-state index contributed by atoms with van der Waals surface area (Å²) in [6.45, 7) is 3.19. The molecule has 4 rings (SSSR count). The van der Waals surface area contributed by atoms with Gasteiger partial charge in [0, 0.05) is 55.8 Å². The van der Waals surface area contributed by atoms with E-state index in [1.54, 1.807) is 19.3 Å². The first-order valence-corrected chi connectivity index (χ1v) is 9.26. The summed E-state index contributed by atoms with van der Waals surface area (Å²) in [5.41, 5.74) is 4.27. The maximum absolute atomic E-state index is 13.4. The fraction of sp³-hybridized carbons (Fsp3) is 0.273. The van der Waals surface area contributed by atoms with Crippen LogP contribution in [0.3, 0.4) is 0 Å². The third kappa shape index (κ3) is 3.50. The molecule has 138 valence electrons. The number of benzene rings is 1. The van der Waals surface area contributed by atoms with Gasteiger partial charge < -0.3 is 9.47 Å². The van der Waals surface area contributed by atoms with E-state index in [0.29, 0.717) is 6.04 Å². The number of amides is 1. The van der Waals surface area contributed by atoms with E-state index in [1.165, 1.54) is 12.1 Å². The van der Waals surface area contributed by atoms with Crippen molar-refractivity contribution in [3.8, 4) is 22.4 Å². The van der Waals surface area contributed by atoms with Gasteiger partial charge in [-0.25, -0.2) is 4.39 Å². The second-order valence-electron chi connectivity index (χ2n) is 6.97. The highest BCUT2D eigenvalue weighted by atomic mass is 19.1. The molecule has 1 aliphatic heterocycles. The van der Waals surface area contributed by atoms with Gasteiger partial charge in [0.2, 0.25) is 5.91 Å². The first-order valence-electron chi connectivity index (χ1n) is 9.26. The number of hydrogen-bond acceptors (Lipinski definition) is 2. The first-order chi connectivity index (χ1) is 13.1. The molecule has 1 saturated heterocycles. The van der Waals surface area contributed by atoms with Crippen molar-refractivity contribution in [3.05, 3.63) is 66.9 Å². The highest BCUT2D eigenvalue weighted by Crippen LogP contribution is 2.37. The molecular weight excluding hydrogens is 341 g/mol. The van der Waals surface area contributed by atoms with Crippen molar-refractivity contribution in [1.29, 1.82) is 0 Å². The molecule has 0 radical (unpaired) electrons. The fourth-order valence-electron chi connectivity index (χ4n) is 3.89. The normalized spacial score (nSPS) is 15.1. The Morgan fingerprint density at radius 1 is 1.00 bits per heavy atom. The molecule has 1 fully saturated rings. The largest absolute Gasteiger partial charge is 0.344 e. The van der Waals surface area contributed by atoms with Gasteiger partial charge in [-0.3, -0.25) is 9.78 Å². The second-order valence-corrected chi connectivity index (χ2v) is 6.97. The van der Waals surface area contributed by atoms with Gasteiger partial charge in [-0.05, 0) is 48.7 Å². The lowest BCUT2D eigenvalue weighted by Crippen LogP contribution is -2.37. The van der Waals surface area contributed by atoms with Crippen LogP contribution in [0.5, 0.6) is 0 Å². The van der Waals surface area contributed by atoms with Gasteiger partial charge in [0.15, 0.2) is 0 Å². The number of rotatable bonds is 3. The van der Waals surface area contributed by atoms with Crippen LogP contribution in [0.25, 0.3) is 22.4 Å². The van der Waals surface area contributed by atoms with E-state index in [4.69, 9.17) is 0 Å². The molecule has 0 saturated carbocycles. The molecule has 0 aliphatic carbocycles. The van der Waals surface area contributed by atoms with Gasteiger partial charge in [-0.2, -0.15) is 0 Å². The number of likely N-dealkylation sites (tertiary alicyclic amines) is 1. The number of carbonyl (C=O) groups is 1. The van der Waals surface area contributed by atoms with Gasteiger partial charge in [-0.15, -0.1) is 0 Å². The van der Waals surface area contributed by atoms with Crippen LogP contribution in [0.15, 0.2) is 61.1 Å². The maximum atomic E-state index is 13.4. The Balaban J connectivity index is 1.74. The minimum atomic E-state index is -0.236. The maximum Gasteiger partial charge on any atom is 0.219 e. The summed E-state index contributed by atoms with van der Waals surface area (Å²) in [5, 5.41) is 0. The monoisotopic (exact) mass is 363 g/mol. The third-order valence-electron chi connectivity index (χ3n) is 5.33. The topological polar surface area (TPSA) is 38.1 Å². The lowest BCUT2D eigenvalue weighted by atomic mass is 10.00. The summed E-state index contributed by atoms with van der Waals surface area (Å²) in [7, 11) is 0. The van der Waals surface area contributed by atoms with Crippen molar-refractivity contribution in [1.82, 2.24) is 14.5 Å².